The van der Waals surface area contributed by atoms with Gasteiger partial charge in [-0.25, -0.2) is 17.2 Å². The van der Waals surface area contributed by atoms with Crippen LogP contribution >= 0.6 is 0 Å². The fourth-order valence-electron chi connectivity index (χ4n) is 1.97. The number of benzene rings is 1. The molecule has 1 unspecified atom stereocenters. The lowest BCUT2D eigenvalue weighted by molar-refractivity contribution is 0.0391. The van der Waals surface area contributed by atoms with Crippen molar-refractivity contribution in [3.63, 3.8) is 0 Å². The molecule has 5 nitrogen and oxygen atoms in total. The molecule has 0 radical (unpaired) electrons. The number of anilines is 1. The summed E-state index contributed by atoms with van der Waals surface area (Å²) in [5, 5.41) is 0. The molecule has 8 heteroatoms. The number of morpholine rings is 1. The zero-order valence-corrected chi connectivity index (χ0v) is 11.1. The monoisotopic (exact) mass is 292 g/mol. The zero-order valence-electron chi connectivity index (χ0n) is 10.3. The smallest absolute Gasteiger partial charge is 0.246 e. The summed E-state index contributed by atoms with van der Waals surface area (Å²) in [5.74, 6) is -2.69. The van der Waals surface area contributed by atoms with Gasteiger partial charge in [0, 0.05) is 18.3 Å². The van der Waals surface area contributed by atoms with Gasteiger partial charge in [0.25, 0.3) is 0 Å². The molecule has 0 saturated carbocycles. The number of nitrogen functional groups attached to an aromatic ring is 1. The summed E-state index contributed by atoms with van der Waals surface area (Å²) >= 11 is 0. The molecule has 1 fully saturated rings. The SMILES string of the molecule is CC1COCCN1S(=O)(=O)c1cc(N)cc(F)c1F. The first-order chi connectivity index (χ1) is 8.84. The second-order valence-electron chi connectivity index (χ2n) is 4.35. The van der Waals surface area contributed by atoms with Crippen LogP contribution in [0.2, 0.25) is 0 Å². The van der Waals surface area contributed by atoms with E-state index in [4.69, 9.17) is 10.5 Å². The summed E-state index contributed by atoms with van der Waals surface area (Å²) in [5.41, 5.74) is 5.23. The predicted molar refractivity (Wildman–Crippen MR) is 64.9 cm³/mol. The second-order valence-corrected chi connectivity index (χ2v) is 6.21. The third-order valence-electron chi connectivity index (χ3n) is 2.91. The Bertz CT molecular complexity index is 592. The second kappa shape index (κ2) is 5.03. The first kappa shape index (κ1) is 14.2. The summed E-state index contributed by atoms with van der Waals surface area (Å²) in [6, 6.07) is 1.23. The van der Waals surface area contributed by atoms with Crippen LogP contribution in [0.4, 0.5) is 14.5 Å². The number of ether oxygens (including phenoxy) is 1. The Morgan fingerprint density at radius 1 is 1.42 bits per heavy atom. The van der Waals surface area contributed by atoms with Gasteiger partial charge in [-0.1, -0.05) is 0 Å². The van der Waals surface area contributed by atoms with Gasteiger partial charge in [0.1, 0.15) is 4.90 Å². The van der Waals surface area contributed by atoms with Crippen LogP contribution in [0.15, 0.2) is 17.0 Å². The summed E-state index contributed by atoms with van der Waals surface area (Å²) in [6.07, 6.45) is 0. The number of nitrogens with two attached hydrogens (primary N) is 1. The van der Waals surface area contributed by atoms with Crippen LogP contribution in [0.25, 0.3) is 0 Å². The fraction of sp³-hybridized carbons (Fsp3) is 0.455. The van der Waals surface area contributed by atoms with Gasteiger partial charge in [0.15, 0.2) is 11.6 Å². The standard InChI is InChI=1S/C11H14F2N2O3S/c1-7-6-18-3-2-15(7)19(16,17)10-5-8(14)4-9(12)11(10)13/h4-5,7H,2-3,6,14H2,1H3. The molecule has 0 aliphatic carbocycles. The van der Waals surface area contributed by atoms with Crippen molar-refractivity contribution in [3.05, 3.63) is 23.8 Å². The van der Waals surface area contributed by atoms with E-state index in [-0.39, 0.29) is 25.4 Å². The van der Waals surface area contributed by atoms with E-state index in [2.05, 4.69) is 0 Å². The topological polar surface area (TPSA) is 72.6 Å². The van der Waals surface area contributed by atoms with Crippen molar-refractivity contribution in [1.82, 2.24) is 4.31 Å². The quantitative estimate of drug-likeness (QED) is 0.824. The molecule has 106 valence electrons. The van der Waals surface area contributed by atoms with E-state index in [1.807, 2.05) is 0 Å². The van der Waals surface area contributed by atoms with Gasteiger partial charge in [-0.3, -0.25) is 0 Å². The van der Waals surface area contributed by atoms with E-state index in [9.17, 15) is 17.2 Å². The molecule has 1 atom stereocenters. The molecule has 0 amide bonds. The fourth-order valence-corrected chi connectivity index (χ4v) is 3.68. The van der Waals surface area contributed by atoms with Crippen LogP contribution in [0.3, 0.4) is 0 Å². The molecular formula is C11H14F2N2O3S. The number of hydrogen-bond donors (Lipinski definition) is 1. The highest BCUT2D eigenvalue weighted by Gasteiger charge is 2.34. The Labute approximate surface area is 110 Å². The molecule has 19 heavy (non-hydrogen) atoms. The molecule has 2 N–H and O–H groups in total. The van der Waals surface area contributed by atoms with Crippen molar-refractivity contribution in [2.45, 2.75) is 17.9 Å². The van der Waals surface area contributed by atoms with E-state index in [0.717, 1.165) is 16.4 Å². The Morgan fingerprint density at radius 2 is 2.11 bits per heavy atom. The van der Waals surface area contributed by atoms with Crippen molar-refractivity contribution in [3.8, 4) is 0 Å². The summed E-state index contributed by atoms with van der Waals surface area (Å²) in [7, 11) is -4.13. The van der Waals surface area contributed by atoms with Gasteiger partial charge in [0.05, 0.1) is 13.2 Å². The number of hydrogen-bond acceptors (Lipinski definition) is 4. The highest BCUT2D eigenvalue weighted by molar-refractivity contribution is 7.89. The van der Waals surface area contributed by atoms with E-state index in [1.165, 1.54) is 0 Å². The molecule has 1 saturated heterocycles. The minimum absolute atomic E-state index is 0.0966. The molecule has 1 aromatic carbocycles. The van der Waals surface area contributed by atoms with Gasteiger partial charge in [-0.05, 0) is 19.1 Å². The van der Waals surface area contributed by atoms with Gasteiger partial charge in [-0.2, -0.15) is 4.31 Å². The van der Waals surface area contributed by atoms with Crippen LogP contribution in [-0.4, -0.2) is 38.5 Å². The maximum absolute atomic E-state index is 13.7. The van der Waals surface area contributed by atoms with Crippen molar-refractivity contribution in [2.24, 2.45) is 0 Å². The molecule has 0 bridgehead atoms. The van der Waals surface area contributed by atoms with Gasteiger partial charge in [0.2, 0.25) is 10.0 Å². The maximum Gasteiger partial charge on any atom is 0.246 e. The van der Waals surface area contributed by atoms with Gasteiger partial charge < -0.3 is 10.5 Å². The Hall–Kier alpha value is -1.25. The summed E-state index contributed by atoms with van der Waals surface area (Å²) in [4.78, 5) is -0.737. The number of rotatable bonds is 2. The lowest BCUT2D eigenvalue weighted by atomic mass is 10.3. The Kier molecular flexibility index (Phi) is 3.75. The number of halogens is 2. The number of sulfonamides is 1. The van der Waals surface area contributed by atoms with Crippen LogP contribution in [-0.2, 0) is 14.8 Å². The average molecular weight is 292 g/mol. The van der Waals surface area contributed by atoms with E-state index in [0.29, 0.717) is 0 Å². The van der Waals surface area contributed by atoms with E-state index in [1.54, 1.807) is 6.92 Å². The van der Waals surface area contributed by atoms with Gasteiger partial charge >= 0.3 is 0 Å². The first-order valence-electron chi connectivity index (χ1n) is 5.68. The van der Waals surface area contributed by atoms with Crippen LogP contribution in [0, 0.1) is 11.6 Å². The van der Waals surface area contributed by atoms with E-state index >= 15 is 0 Å². The molecular weight excluding hydrogens is 278 g/mol. The average Bonchev–Trinajstić information content (AvgIpc) is 2.34. The highest BCUT2D eigenvalue weighted by atomic mass is 32.2. The summed E-state index contributed by atoms with van der Waals surface area (Å²) in [6.45, 7) is 2.16. The Balaban J connectivity index is 2.50. The van der Waals surface area contributed by atoms with Crippen LogP contribution in [0.1, 0.15) is 6.92 Å². The third-order valence-corrected chi connectivity index (χ3v) is 4.92. The van der Waals surface area contributed by atoms with Crippen molar-refractivity contribution in [1.29, 1.82) is 0 Å². The van der Waals surface area contributed by atoms with Crippen LogP contribution in [0.5, 0.6) is 0 Å². The lowest BCUT2D eigenvalue weighted by Crippen LogP contribution is -2.47. The Morgan fingerprint density at radius 3 is 2.74 bits per heavy atom. The zero-order chi connectivity index (χ0) is 14.2. The molecule has 0 aromatic heterocycles. The maximum atomic E-state index is 13.7. The molecule has 2 rings (SSSR count). The minimum atomic E-state index is -4.13. The molecule has 1 heterocycles. The normalized spacial score (nSPS) is 21.5. The third kappa shape index (κ3) is 2.56. The highest BCUT2D eigenvalue weighted by Crippen LogP contribution is 2.26. The van der Waals surface area contributed by atoms with Crippen LogP contribution < -0.4 is 5.73 Å². The first-order valence-corrected chi connectivity index (χ1v) is 7.12. The number of nitrogens with zero attached hydrogens (tertiary/aromatic N) is 1. The lowest BCUT2D eigenvalue weighted by Gasteiger charge is -2.32. The molecule has 1 aliphatic rings. The minimum Gasteiger partial charge on any atom is -0.399 e. The molecule has 0 spiro atoms. The van der Waals surface area contributed by atoms with Crippen molar-refractivity contribution >= 4 is 15.7 Å². The largest absolute Gasteiger partial charge is 0.399 e. The summed E-state index contributed by atoms with van der Waals surface area (Å²) < 4.78 is 57.8. The molecule has 1 aliphatic heterocycles. The molecule has 1 aromatic rings. The van der Waals surface area contributed by atoms with Crippen molar-refractivity contribution < 1.29 is 21.9 Å². The predicted octanol–water partition coefficient (Wildman–Crippen LogP) is 0.956. The van der Waals surface area contributed by atoms with Gasteiger partial charge in [-0.15, -0.1) is 0 Å². The van der Waals surface area contributed by atoms with Crippen molar-refractivity contribution in [2.75, 3.05) is 25.5 Å². The van der Waals surface area contributed by atoms with E-state index < -0.39 is 32.6 Å².